The summed E-state index contributed by atoms with van der Waals surface area (Å²) in [6, 6.07) is 6.58. The molecule has 5 rings (SSSR count). The van der Waals surface area contributed by atoms with E-state index in [2.05, 4.69) is 10.3 Å². The molecule has 1 aromatic heterocycles. The maximum Gasteiger partial charge on any atom is 0.434 e. The van der Waals surface area contributed by atoms with Gasteiger partial charge >= 0.3 is 6.18 Å². The lowest BCUT2D eigenvalue weighted by molar-refractivity contribution is -0.140. The molecule has 148 valence electrons. The van der Waals surface area contributed by atoms with Gasteiger partial charge in [-0.3, -0.25) is 14.5 Å². The molecule has 3 aliphatic rings. The molecule has 2 amide bonds. The van der Waals surface area contributed by atoms with Gasteiger partial charge in [-0.15, -0.1) is 23.7 Å². The van der Waals surface area contributed by atoms with E-state index in [1.54, 1.807) is 24.3 Å². The maximum absolute atomic E-state index is 13.0. The predicted molar refractivity (Wildman–Crippen MR) is 97.7 cm³/mol. The molecule has 1 saturated heterocycles. The van der Waals surface area contributed by atoms with Crippen molar-refractivity contribution in [2.75, 3.05) is 19.6 Å². The summed E-state index contributed by atoms with van der Waals surface area (Å²) in [6.45, 7) is 1.37. The number of halogens is 4. The standard InChI is InChI=1S/C18H14F3N3O2S.ClH/c19-18(20,21)13-7-27-16(23-13)17(11-5-22-6-12(11)17)8-24-14(25)9-3-1-2-4-10(9)15(24)26;/h1-4,7,11-12,22H,5-6,8H2;1H. The quantitative estimate of drug-likeness (QED) is 0.762. The zero-order valence-electron chi connectivity index (χ0n) is 14.3. The number of nitrogens with one attached hydrogen (secondary N) is 1. The summed E-state index contributed by atoms with van der Waals surface area (Å²) in [5.41, 5.74) is -0.914. The van der Waals surface area contributed by atoms with Crippen molar-refractivity contribution in [2.24, 2.45) is 11.8 Å². The number of hydrogen-bond donors (Lipinski definition) is 1. The molecule has 2 aliphatic heterocycles. The van der Waals surface area contributed by atoms with Gasteiger partial charge in [0.15, 0.2) is 5.69 Å². The summed E-state index contributed by atoms with van der Waals surface area (Å²) in [7, 11) is 0. The largest absolute Gasteiger partial charge is 0.434 e. The zero-order chi connectivity index (χ0) is 19.0. The number of piperidine rings is 1. The molecule has 0 radical (unpaired) electrons. The van der Waals surface area contributed by atoms with E-state index >= 15 is 0 Å². The van der Waals surface area contributed by atoms with Gasteiger partial charge in [-0.05, 0) is 37.1 Å². The monoisotopic (exact) mass is 429 g/mol. The molecule has 5 nitrogen and oxygen atoms in total. The number of thiazole rings is 1. The first-order valence-electron chi connectivity index (χ1n) is 8.53. The van der Waals surface area contributed by atoms with Crippen LogP contribution in [0.4, 0.5) is 13.2 Å². The fourth-order valence-electron chi connectivity index (χ4n) is 4.53. The number of amides is 2. The van der Waals surface area contributed by atoms with Gasteiger partial charge in [0.25, 0.3) is 11.8 Å². The highest BCUT2D eigenvalue weighted by Crippen LogP contribution is 2.63. The molecule has 0 bridgehead atoms. The first-order valence-corrected chi connectivity index (χ1v) is 9.41. The number of carbonyl (C=O) groups is 2. The van der Waals surface area contributed by atoms with Crippen LogP contribution in [-0.4, -0.2) is 41.3 Å². The summed E-state index contributed by atoms with van der Waals surface area (Å²) in [5.74, 6) is -0.621. The number of imide groups is 1. The SMILES string of the molecule is Cl.O=C1c2ccccc2C(=O)N1CC1(c2nc(C(F)(F)F)cs2)C2CNCC21. The molecule has 3 heterocycles. The van der Waals surface area contributed by atoms with Crippen LogP contribution in [0.15, 0.2) is 29.6 Å². The van der Waals surface area contributed by atoms with E-state index in [0.29, 0.717) is 29.2 Å². The molecule has 1 aromatic carbocycles. The normalized spacial score (nSPS) is 28.2. The van der Waals surface area contributed by atoms with Crippen LogP contribution in [-0.2, 0) is 11.6 Å². The number of fused-ring (bicyclic) bond motifs is 2. The van der Waals surface area contributed by atoms with Crippen molar-refractivity contribution >= 4 is 35.6 Å². The highest BCUT2D eigenvalue weighted by molar-refractivity contribution is 7.09. The number of aromatic nitrogens is 1. The Morgan fingerprint density at radius 2 is 1.71 bits per heavy atom. The zero-order valence-corrected chi connectivity index (χ0v) is 16.0. The number of rotatable bonds is 3. The van der Waals surface area contributed by atoms with E-state index in [9.17, 15) is 22.8 Å². The van der Waals surface area contributed by atoms with Crippen LogP contribution in [0.2, 0.25) is 0 Å². The predicted octanol–water partition coefficient (Wildman–Crippen LogP) is 2.97. The van der Waals surface area contributed by atoms with E-state index in [-0.39, 0.29) is 42.6 Å². The molecular weight excluding hydrogens is 415 g/mol. The Morgan fingerprint density at radius 3 is 2.21 bits per heavy atom. The Morgan fingerprint density at radius 1 is 1.14 bits per heavy atom. The summed E-state index contributed by atoms with van der Waals surface area (Å²) >= 11 is 0.964. The first-order chi connectivity index (χ1) is 12.8. The lowest BCUT2D eigenvalue weighted by Gasteiger charge is -2.24. The van der Waals surface area contributed by atoms with Crippen molar-refractivity contribution in [3.8, 4) is 0 Å². The van der Waals surface area contributed by atoms with E-state index in [1.165, 1.54) is 4.90 Å². The van der Waals surface area contributed by atoms with Gasteiger partial charge in [0, 0.05) is 17.3 Å². The van der Waals surface area contributed by atoms with Crippen molar-refractivity contribution in [2.45, 2.75) is 11.6 Å². The second-order valence-corrected chi connectivity index (χ2v) is 8.05. The Balaban J connectivity index is 0.00000192. The van der Waals surface area contributed by atoms with Gasteiger partial charge in [0.05, 0.1) is 11.1 Å². The third-order valence-corrected chi connectivity index (χ3v) is 6.95. The van der Waals surface area contributed by atoms with E-state index in [1.807, 2.05) is 0 Å². The van der Waals surface area contributed by atoms with Gasteiger partial charge < -0.3 is 5.32 Å². The lowest BCUT2D eigenvalue weighted by Crippen LogP contribution is -2.41. The molecule has 1 aliphatic carbocycles. The second kappa shape index (κ2) is 6.27. The lowest BCUT2D eigenvalue weighted by atomic mass is 10.00. The summed E-state index contributed by atoms with van der Waals surface area (Å²) in [4.78, 5) is 30.5. The van der Waals surface area contributed by atoms with Crippen molar-refractivity contribution in [3.63, 3.8) is 0 Å². The van der Waals surface area contributed by atoms with Gasteiger partial charge in [0.1, 0.15) is 5.01 Å². The molecule has 1 N–H and O–H groups in total. The number of benzene rings is 1. The third-order valence-electron chi connectivity index (χ3n) is 5.92. The molecule has 2 aromatic rings. The minimum absolute atomic E-state index is 0. The summed E-state index contributed by atoms with van der Waals surface area (Å²) in [6.07, 6.45) is -4.51. The van der Waals surface area contributed by atoms with Gasteiger partial charge in [-0.2, -0.15) is 13.2 Å². The fraction of sp³-hybridized carbons (Fsp3) is 0.389. The third kappa shape index (κ3) is 2.53. The van der Waals surface area contributed by atoms with E-state index < -0.39 is 17.3 Å². The average Bonchev–Trinajstić information content (AvgIpc) is 3.13. The molecule has 1 saturated carbocycles. The van der Waals surface area contributed by atoms with Crippen molar-refractivity contribution in [3.05, 3.63) is 51.5 Å². The van der Waals surface area contributed by atoms with Gasteiger partial charge in [-0.1, -0.05) is 12.1 Å². The minimum atomic E-state index is -4.51. The van der Waals surface area contributed by atoms with Crippen LogP contribution < -0.4 is 5.32 Å². The van der Waals surface area contributed by atoms with Crippen LogP contribution >= 0.6 is 23.7 Å². The molecule has 2 unspecified atom stereocenters. The summed E-state index contributed by atoms with van der Waals surface area (Å²) in [5, 5.41) is 4.59. The molecule has 2 fully saturated rings. The number of carbonyl (C=O) groups excluding carboxylic acids is 2. The first kappa shape index (κ1) is 19.4. The van der Waals surface area contributed by atoms with Gasteiger partial charge in [0.2, 0.25) is 0 Å². The fourth-order valence-corrected chi connectivity index (χ4v) is 5.68. The smallest absolute Gasteiger partial charge is 0.316 e. The van der Waals surface area contributed by atoms with Crippen LogP contribution in [0.5, 0.6) is 0 Å². The molecule has 2 atom stereocenters. The van der Waals surface area contributed by atoms with E-state index in [4.69, 9.17) is 0 Å². The highest BCUT2D eigenvalue weighted by atomic mass is 35.5. The number of hydrogen-bond acceptors (Lipinski definition) is 5. The Kier molecular flexibility index (Phi) is 4.33. The Bertz CT molecular complexity index is 932. The Labute approximate surface area is 168 Å². The topological polar surface area (TPSA) is 62.3 Å². The van der Waals surface area contributed by atoms with Crippen molar-refractivity contribution in [1.82, 2.24) is 15.2 Å². The molecule has 0 spiro atoms. The van der Waals surface area contributed by atoms with Crippen LogP contribution in [0.1, 0.15) is 31.4 Å². The minimum Gasteiger partial charge on any atom is -0.316 e. The maximum atomic E-state index is 13.0. The van der Waals surface area contributed by atoms with Crippen LogP contribution in [0.25, 0.3) is 0 Å². The second-order valence-electron chi connectivity index (χ2n) is 7.19. The average molecular weight is 430 g/mol. The molecule has 10 heteroatoms. The highest BCUT2D eigenvalue weighted by Gasteiger charge is 2.70. The Hall–Kier alpha value is -1.97. The van der Waals surface area contributed by atoms with Crippen LogP contribution in [0.3, 0.4) is 0 Å². The van der Waals surface area contributed by atoms with E-state index in [0.717, 1.165) is 16.7 Å². The number of nitrogens with zero attached hydrogens (tertiary/aromatic N) is 2. The summed E-state index contributed by atoms with van der Waals surface area (Å²) < 4.78 is 39.1. The number of alkyl halides is 3. The van der Waals surface area contributed by atoms with Gasteiger partial charge in [-0.25, -0.2) is 4.98 Å². The molecular formula is C18H15ClF3N3O2S. The molecule has 28 heavy (non-hydrogen) atoms. The van der Waals surface area contributed by atoms with Crippen molar-refractivity contribution in [1.29, 1.82) is 0 Å². The van der Waals surface area contributed by atoms with Crippen molar-refractivity contribution < 1.29 is 22.8 Å². The van der Waals surface area contributed by atoms with Crippen LogP contribution in [0, 0.1) is 11.8 Å².